The summed E-state index contributed by atoms with van der Waals surface area (Å²) in [6, 6.07) is 6.38. The van der Waals surface area contributed by atoms with E-state index < -0.39 is 17.7 Å². The molecule has 0 unspecified atom stereocenters. The van der Waals surface area contributed by atoms with Crippen molar-refractivity contribution in [3.8, 4) is 5.75 Å². The molecule has 22 heavy (non-hydrogen) atoms. The van der Waals surface area contributed by atoms with Crippen LogP contribution in [0.4, 0.5) is 0 Å². The maximum atomic E-state index is 11.8. The number of carbonyl (C=O) groups is 3. The van der Waals surface area contributed by atoms with Crippen molar-refractivity contribution in [3.63, 3.8) is 0 Å². The van der Waals surface area contributed by atoms with E-state index in [1.54, 1.807) is 31.2 Å². The molecular formula is C16H16O6. The van der Waals surface area contributed by atoms with Gasteiger partial charge in [-0.3, -0.25) is 4.79 Å². The Hall–Kier alpha value is -2.63. The molecule has 0 atom stereocenters. The van der Waals surface area contributed by atoms with E-state index >= 15 is 0 Å². The minimum atomic E-state index is -1.26. The lowest BCUT2D eigenvalue weighted by Crippen LogP contribution is -2.41. The Bertz CT molecular complexity index is 617. The van der Waals surface area contributed by atoms with Crippen molar-refractivity contribution in [2.24, 2.45) is 0 Å². The van der Waals surface area contributed by atoms with Gasteiger partial charge in [0.25, 0.3) is 5.79 Å². The Balaban J connectivity index is 2.17. The lowest BCUT2D eigenvalue weighted by molar-refractivity contribution is -0.222. The molecule has 1 aliphatic heterocycles. The fraction of sp³-hybridized carbons (Fsp3) is 0.312. The number of benzene rings is 1. The number of rotatable bonds is 3. The predicted octanol–water partition coefficient (Wildman–Crippen LogP) is 2.22. The first kappa shape index (κ1) is 15.8. The summed E-state index contributed by atoms with van der Waals surface area (Å²) in [5.41, 5.74) is 0.400. The van der Waals surface area contributed by atoms with Gasteiger partial charge in [-0.15, -0.1) is 0 Å². The van der Waals surface area contributed by atoms with E-state index in [-0.39, 0.29) is 18.0 Å². The van der Waals surface area contributed by atoms with Crippen LogP contribution in [0.2, 0.25) is 0 Å². The summed E-state index contributed by atoms with van der Waals surface area (Å²) in [7, 11) is 0. The number of carbonyl (C=O) groups excluding carboxylic acids is 3. The zero-order valence-electron chi connectivity index (χ0n) is 12.5. The second-order valence-corrected chi connectivity index (χ2v) is 5.13. The fourth-order valence-corrected chi connectivity index (χ4v) is 1.78. The molecule has 1 aliphatic rings. The molecule has 0 bridgehead atoms. The summed E-state index contributed by atoms with van der Waals surface area (Å²) in [5.74, 6) is -2.67. The summed E-state index contributed by atoms with van der Waals surface area (Å²) in [6.45, 7) is 4.66. The highest BCUT2D eigenvalue weighted by atomic mass is 16.7. The molecule has 1 saturated heterocycles. The monoisotopic (exact) mass is 304 g/mol. The molecule has 0 aliphatic carbocycles. The normalized spacial score (nSPS) is 16.6. The van der Waals surface area contributed by atoms with Crippen molar-refractivity contribution in [2.75, 3.05) is 0 Å². The summed E-state index contributed by atoms with van der Waals surface area (Å²) in [5, 5.41) is 0. The Morgan fingerprint density at radius 3 is 2.18 bits per heavy atom. The Morgan fingerprint density at radius 1 is 1.14 bits per heavy atom. The van der Waals surface area contributed by atoms with Gasteiger partial charge in [0.2, 0.25) is 0 Å². The maximum absolute atomic E-state index is 11.8. The minimum absolute atomic E-state index is 0.183. The summed E-state index contributed by atoms with van der Waals surface area (Å²) >= 11 is 0. The van der Waals surface area contributed by atoms with Crippen molar-refractivity contribution >= 4 is 24.0 Å². The molecule has 6 heteroatoms. The van der Waals surface area contributed by atoms with Crippen molar-refractivity contribution in [2.45, 2.75) is 33.0 Å². The van der Waals surface area contributed by atoms with Crippen LogP contribution in [0, 0.1) is 0 Å². The summed E-state index contributed by atoms with van der Waals surface area (Å²) in [6.07, 6.45) is 1.64. The van der Waals surface area contributed by atoms with E-state index in [1.165, 1.54) is 19.9 Å². The van der Waals surface area contributed by atoms with Gasteiger partial charge in [0.05, 0.1) is 0 Å². The molecule has 0 N–H and O–H groups in total. The second-order valence-electron chi connectivity index (χ2n) is 5.13. The highest BCUT2D eigenvalue weighted by Gasteiger charge is 2.38. The number of hydrogen-bond donors (Lipinski definition) is 0. The number of cyclic esters (lactones) is 2. The third-order valence-electron chi connectivity index (χ3n) is 2.83. The molecule has 2 rings (SSSR count). The van der Waals surface area contributed by atoms with Gasteiger partial charge in [-0.25, -0.2) is 9.59 Å². The minimum Gasteiger partial charge on any atom is -0.427 e. The maximum Gasteiger partial charge on any atom is 0.348 e. The van der Waals surface area contributed by atoms with Crippen LogP contribution in [-0.4, -0.2) is 23.7 Å². The van der Waals surface area contributed by atoms with Crippen LogP contribution in [0.15, 0.2) is 29.8 Å². The van der Waals surface area contributed by atoms with Crippen LogP contribution in [-0.2, 0) is 23.9 Å². The molecule has 116 valence electrons. The molecule has 0 radical (unpaired) electrons. The zero-order chi connectivity index (χ0) is 16.3. The summed E-state index contributed by atoms with van der Waals surface area (Å²) in [4.78, 5) is 34.8. The molecule has 0 saturated carbocycles. The quantitative estimate of drug-likeness (QED) is 0.369. The molecular weight excluding hydrogens is 288 g/mol. The largest absolute Gasteiger partial charge is 0.427 e. The standard InChI is InChI=1S/C16H16O6/c1-4-13(17)20-11-7-5-10(6-8-11)9-12-14(18)21-16(2,3)22-15(12)19/h5-9H,4H2,1-3H3. The van der Waals surface area contributed by atoms with Crippen molar-refractivity contribution in [3.05, 3.63) is 35.4 Å². The lowest BCUT2D eigenvalue weighted by atomic mass is 10.1. The van der Waals surface area contributed by atoms with Crippen molar-refractivity contribution < 1.29 is 28.6 Å². The van der Waals surface area contributed by atoms with Gasteiger partial charge in [0, 0.05) is 20.3 Å². The van der Waals surface area contributed by atoms with Crippen LogP contribution in [0.25, 0.3) is 6.08 Å². The SMILES string of the molecule is CCC(=O)Oc1ccc(C=C2C(=O)OC(C)(C)OC2=O)cc1. The Labute approximate surface area is 127 Å². The van der Waals surface area contributed by atoms with E-state index in [0.29, 0.717) is 11.3 Å². The first-order chi connectivity index (χ1) is 10.3. The van der Waals surface area contributed by atoms with Gasteiger partial charge in [-0.1, -0.05) is 19.1 Å². The Kier molecular flexibility index (Phi) is 4.30. The average Bonchev–Trinajstić information content (AvgIpc) is 2.43. The van der Waals surface area contributed by atoms with E-state index in [4.69, 9.17) is 14.2 Å². The molecule has 0 amide bonds. The van der Waals surface area contributed by atoms with Gasteiger partial charge in [-0.2, -0.15) is 0 Å². The van der Waals surface area contributed by atoms with Gasteiger partial charge >= 0.3 is 17.9 Å². The van der Waals surface area contributed by atoms with Gasteiger partial charge < -0.3 is 14.2 Å². The van der Waals surface area contributed by atoms with Gasteiger partial charge in [0.15, 0.2) is 0 Å². The predicted molar refractivity (Wildman–Crippen MR) is 76.6 cm³/mol. The molecule has 6 nitrogen and oxygen atoms in total. The zero-order valence-corrected chi connectivity index (χ0v) is 12.5. The van der Waals surface area contributed by atoms with Gasteiger partial charge in [-0.05, 0) is 23.8 Å². The third-order valence-corrected chi connectivity index (χ3v) is 2.83. The Morgan fingerprint density at radius 2 is 1.68 bits per heavy atom. The van der Waals surface area contributed by atoms with E-state index in [9.17, 15) is 14.4 Å². The van der Waals surface area contributed by atoms with Crippen LogP contribution in [0.5, 0.6) is 5.75 Å². The molecule has 0 aromatic heterocycles. The first-order valence-corrected chi connectivity index (χ1v) is 6.80. The highest BCUT2D eigenvalue weighted by Crippen LogP contribution is 2.24. The molecule has 1 aromatic carbocycles. The number of hydrogen-bond acceptors (Lipinski definition) is 6. The second kappa shape index (κ2) is 6.01. The first-order valence-electron chi connectivity index (χ1n) is 6.80. The van der Waals surface area contributed by atoms with Crippen molar-refractivity contribution in [1.82, 2.24) is 0 Å². The highest BCUT2D eigenvalue weighted by molar-refractivity contribution is 6.18. The third kappa shape index (κ3) is 3.72. The molecule has 1 fully saturated rings. The molecule has 1 aromatic rings. The number of esters is 3. The smallest absolute Gasteiger partial charge is 0.348 e. The average molecular weight is 304 g/mol. The van der Waals surface area contributed by atoms with E-state index in [0.717, 1.165) is 0 Å². The van der Waals surface area contributed by atoms with Crippen LogP contribution in [0.3, 0.4) is 0 Å². The van der Waals surface area contributed by atoms with Crippen LogP contribution >= 0.6 is 0 Å². The fourth-order valence-electron chi connectivity index (χ4n) is 1.78. The number of ether oxygens (including phenoxy) is 3. The summed E-state index contributed by atoms with van der Waals surface area (Å²) < 4.78 is 15.0. The van der Waals surface area contributed by atoms with Crippen LogP contribution in [0.1, 0.15) is 32.8 Å². The van der Waals surface area contributed by atoms with E-state index in [1.807, 2.05) is 0 Å². The molecule has 0 spiro atoms. The molecule has 1 heterocycles. The topological polar surface area (TPSA) is 78.9 Å². The van der Waals surface area contributed by atoms with E-state index in [2.05, 4.69) is 0 Å². The lowest BCUT2D eigenvalue weighted by Gasteiger charge is -2.29. The van der Waals surface area contributed by atoms with Crippen LogP contribution < -0.4 is 4.74 Å². The van der Waals surface area contributed by atoms with Crippen molar-refractivity contribution in [1.29, 1.82) is 0 Å². The van der Waals surface area contributed by atoms with Gasteiger partial charge in [0.1, 0.15) is 11.3 Å².